The summed E-state index contributed by atoms with van der Waals surface area (Å²) >= 11 is 0. The lowest BCUT2D eigenvalue weighted by molar-refractivity contribution is 0.0876. The number of nitrogens with zero attached hydrogens (tertiary/aromatic N) is 2. The van der Waals surface area contributed by atoms with E-state index in [1.807, 2.05) is 61.5 Å². The van der Waals surface area contributed by atoms with Gasteiger partial charge in [0.2, 0.25) is 0 Å². The highest BCUT2D eigenvalue weighted by molar-refractivity contribution is 6.11. The Bertz CT molecular complexity index is 1230. The van der Waals surface area contributed by atoms with Crippen LogP contribution in [0.4, 0.5) is 11.4 Å². The van der Waals surface area contributed by atoms with Gasteiger partial charge in [-0.3, -0.25) is 19.4 Å². The van der Waals surface area contributed by atoms with Crippen molar-refractivity contribution < 1.29 is 18.4 Å². The molecule has 1 aliphatic heterocycles. The average Bonchev–Trinajstić information content (AvgIpc) is 3.54. The number of rotatable bonds is 4. The second kappa shape index (κ2) is 7.89. The zero-order valence-corrected chi connectivity index (χ0v) is 17.6. The summed E-state index contributed by atoms with van der Waals surface area (Å²) in [6.07, 6.45) is 4.20. The fourth-order valence-electron chi connectivity index (χ4n) is 4.44. The number of carbonyl (C=O) groups excluding carboxylic acids is 2. The maximum atomic E-state index is 13.8. The van der Waals surface area contributed by atoms with Crippen LogP contribution in [0.3, 0.4) is 0 Å². The first kappa shape index (κ1) is 19.9. The van der Waals surface area contributed by atoms with Crippen LogP contribution in [0.1, 0.15) is 40.0 Å². The molecule has 0 saturated carbocycles. The Kier molecular flexibility index (Phi) is 4.90. The number of amides is 2. The number of benzene rings is 2. The number of hydrogen-bond donors (Lipinski definition) is 0. The lowest BCUT2D eigenvalue weighted by atomic mass is 9.89. The number of aryl methyl sites for hydroxylation is 1. The molecule has 1 atom stereocenters. The third-order valence-electron chi connectivity index (χ3n) is 5.95. The molecule has 0 saturated heterocycles. The van der Waals surface area contributed by atoms with Gasteiger partial charge >= 0.3 is 0 Å². The number of carbonyl (C=O) groups is 2. The highest BCUT2D eigenvalue weighted by Gasteiger charge is 2.48. The smallest absolute Gasteiger partial charge is 0.295 e. The van der Waals surface area contributed by atoms with Gasteiger partial charge in [0.1, 0.15) is 5.66 Å². The molecular formula is C26H22N2O4. The molecule has 0 spiro atoms. The molecule has 32 heavy (non-hydrogen) atoms. The number of furan rings is 2. The summed E-state index contributed by atoms with van der Waals surface area (Å²) in [5, 5.41) is 0. The molecule has 1 unspecified atom stereocenters. The van der Waals surface area contributed by atoms with Crippen LogP contribution in [-0.2, 0) is 6.42 Å². The van der Waals surface area contributed by atoms with E-state index < -0.39 is 5.66 Å². The van der Waals surface area contributed by atoms with Crippen molar-refractivity contribution >= 4 is 23.2 Å². The molecule has 3 heterocycles. The predicted molar refractivity (Wildman–Crippen MR) is 121 cm³/mol. The van der Waals surface area contributed by atoms with Crippen molar-refractivity contribution in [1.29, 1.82) is 0 Å². The zero-order valence-electron chi connectivity index (χ0n) is 17.6. The Hall–Kier alpha value is -4.06. The van der Waals surface area contributed by atoms with E-state index >= 15 is 0 Å². The van der Waals surface area contributed by atoms with Gasteiger partial charge in [0.15, 0.2) is 11.5 Å². The lowest BCUT2D eigenvalue weighted by Gasteiger charge is -2.51. The van der Waals surface area contributed by atoms with E-state index in [1.54, 1.807) is 34.1 Å². The minimum absolute atomic E-state index is 0.208. The molecule has 0 fully saturated rings. The molecule has 0 aliphatic carbocycles. The molecule has 0 N–H and O–H groups in total. The number of hydrogen-bond acceptors (Lipinski definition) is 4. The average molecular weight is 426 g/mol. The van der Waals surface area contributed by atoms with Crippen LogP contribution in [0.5, 0.6) is 0 Å². The summed E-state index contributed by atoms with van der Waals surface area (Å²) in [6, 6.07) is 23.8. The fourth-order valence-corrected chi connectivity index (χ4v) is 4.44. The molecule has 5 rings (SSSR count). The van der Waals surface area contributed by atoms with Crippen molar-refractivity contribution in [2.45, 2.75) is 25.4 Å². The van der Waals surface area contributed by atoms with Crippen LogP contribution >= 0.6 is 0 Å². The standard InChI is InChI=1S/C26H22N2O4/c1-26(27(20-10-3-2-4-11-20)24(29)22-13-7-17-31-22)16-15-19-9-5-6-12-21(19)28(26)25(30)23-14-8-18-32-23/h2-14,17-18H,15-16H2,1H3. The normalized spacial score (nSPS) is 17.6. The second-order valence-electron chi connectivity index (χ2n) is 7.92. The quantitative estimate of drug-likeness (QED) is 0.430. The highest BCUT2D eigenvalue weighted by Crippen LogP contribution is 2.42. The maximum Gasteiger partial charge on any atom is 0.295 e. The molecule has 2 aromatic heterocycles. The third kappa shape index (κ3) is 3.21. The lowest BCUT2D eigenvalue weighted by Crippen LogP contribution is -2.65. The zero-order chi connectivity index (χ0) is 22.1. The first-order valence-corrected chi connectivity index (χ1v) is 10.5. The predicted octanol–water partition coefficient (Wildman–Crippen LogP) is 5.53. The highest BCUT2D eigenvalue weighted by atomic mass is 16.3. The Morgan fingerprint density at radius 2 is 1.50 bits per heavy atom. The van der Waals surface area contributed by atoms with E-state index in [0.29, 0.717) is 18.5 Å². The Labute approximate surface area is 185 Å². The van der Waals surface area contributed by atoms with Gasteiger partial charge in [-0.2, -0.15) is 0 Å². The van der Waals surface area contributed by atoms with Crippen LogP contribution in [0.15, 0.2) is 100 Å². The molecule has 160 valence electrons. The summed E-state index contributed by atoms with van der Waals surface area (Å²) in [7, 11) is 0. The van der Waals surface area contributed by atoms with Gasteiger partial charge in [-0.25, -0.2) is 0 Å². The number of fused-ring (bicyclic) bond motifs is 1. The first-order valence-electron chi connectivity index (χ1n) is 10.5. The van der Waals surface area contributed by atoms with E-state index in [4.69, 9.17) is 8.83 Å². The summed E-state index contributed by atoms with van der Waals surface area (Å²) in [4.78, 5) is 30.8. The van der Waals surface area contributed by atoms with E-state index in [1.165, 1.54) is 12.5 Å². The summed E-state index contributed by atoms with van der Waals surface area (Å²) in [6.45, 7) is 1.91. The summed E-state index contributed by atoms with van der Waals surface area (Å²) < 4.78 is 10.9. The minimum atomic E-state index is -1.01. The maximum absolute atomic E-state index is 13.8. The molecule has 2 aromatic carbocycles. The minimum Gasteiger partial charge on any atom is -0.459 e. The van der Waals surface area contributed by atoms with E-state index in [0.717, 1.165) is 11.3 Å². The van der Waals surface area contributed by atoms with Crippen molar-refractivity contribution in [1.82, 2.24) is 0 Å². The largest absolute Gasteiger partial charge is 0.459 e. The fraction of sp³-hybridized carbons (Fsp3) is 0.154. The van der Waals surface area contributed by atoms with E-state index in [9.17, 15) is 9.59 Å². The van der Waals surface area contributed by atoms with Gasteiger partial charge < -0.3 is 8.83 Å². The van der Waals surface area contributed by atoms with Crippen molar-refractivity contribution in [3.05, 3.63) is 108 Å². The van der Waals surface area contributed by atoms with Crippen LogP contribution in [0, 0.1) is 0 Å². The Morgan fingerprint density at radius 1 is 0.844 bits per heavy atom. The number of anilines is 2. The monoisotopic (exact) mass is 426 g/mol. The van der Waals surface area contributed by atoms with Gasteiger partial charge in [-0.1, -0.05) is 36.4 Å². The molecule has 0 radical (unpaired) electrons. The molecule has 2 amide bonds. The van der Waals surface area contributed by atoms with Gasteiger partial charge in [-0.15, -0.1) is 0 Å². The van der Waals surface area contributed by atoms with Crippen LogP contribution in [-0.4, -0.2) is 17.5 Å². The third-order valence-corrected chi connectivity index (χ3v) is 5.95. The summed E-state index contributed by atoms with van der Waals surface area (Å²) in [5.74, 6) is -0.205. The van der Waals surface area contributed by atoms with Gasteiger partial charge in [-0.05, 0) is 67.8 Å². The molecule has 6 nitrogen and oxygen atoms in total. The SMILES string of the molecule is CC1(N(C(=O)c2ccco2)c2ccccc2)CCc2ccccc2N1C(=O)c1ccco1. The molecule has 4 aromatic rings. The van der Waals surface area contributed by atoms with E-state index in [-0.39, 0.29) is 23.3 Å². The topological polar surface area (TPSA) is 66.9 Å². The van der Waals surface area contributed by atoms with Crippen molar-refractivity contribution in [3.8, 4) is 0 Å². The summed E-state index contributed by atoms with van der Waals surface area (Å²) in [5.41, 5.74) is 1.47. The molecular weight excluding hydrogens is 404 g/mol. The second-order valence-corrected chi connectivity index (χ2v) is 7.92. The van der Waals surface area contributed by atoms with Crippen molar-refractivity contribution in [2.75, 3.05) is 9.80 Å². The molecule has 6 heteroatoms. The van der Waals surface area contributed by atoms with Crippen LogP contribution < -0.4 is 9.80 Å². The van der Waals surface area contributed by atoms with Crippen LogP contribution in [0.2, 0.25) is 0 Å². The Morgan fingerprint density at radius 3 is 2.19 bits per heavy atom. The van der Waals surface area contributed by atoms with Crippen LogP contribution in [0.25, 0.3) is 0 Å². The van der Waals surface area contributed by atoms with E-state index in [2.05, 4.69) is 0 Å². The first-order chi connectivity index (χ1) is 15.6. The molecule has 0 bridgehead atoms. The van der Waals surface area contributed by atoms with Crippen molar-refractivity contribution in [2.24, 2.45) is 0 Å². The Balaban J connectivity index is 1.71. The van der Waals surface area contributed by atoms with Gasteiger partial charge in [0.25, 0.3) is 11.8 Å². The number of para-hydroxylation sites is 2. The van der Waals surface area contributed by atoms with Gasteiger partial charge in [0, 0.05) is 11.4 Å². The molecule has 1 aliphatic rings. The van der Waals surface area contributed by atoms with Crippen molar-refractivity contribution in [3.63, 3.8) is 0 Å². The van der Waals surface area contributed by atoms with Gasteiger partial charge in [0.05, 0.1) is 12.5 Å².